The van der Waals surface area contributed by atoms with E-state index in [0.717, 1.165) is 12.2 Å². The number of aromatic nitrogens is 2. The van der Waals surface area contributed by atoms with E-state index in [4.69, 9.17) is 0 Å². The third-order valence-corrected chi connectivity index (χ3v) is 2.78. The van der Waals surface area contributed by atoms with Crippen LogP contribution in [0.1, 0.15) is 38.2 Å². The van der Waals surface area contributed by atoms with Crippen molar-refractivity contribution in [1.29, 1.82) is 0 Å². The van der Waals surface area contributed by atoms with Crippen molar-refractivity contribution in [2.24, 2.45) is 0 Å². The lowest BCUT2D eigenvalue weighted by Crippen LogP contribution is -2.05. The van der Waals surface area contributed by atoms with Gasteiger partial charge in [0.15, 0.2) is 0 Å². The van der Waals surface area contributed by atoms with Gasteiger partial charge in [0, 0.05) is 24.0 Å². The van der Waals surface area contributed by atoms with Crippen molar-refractivity contribution in [3.8, 4) is 5.69 Å². The lowest BCUT2D eigenvalue weighted by molar-refractivity contribution is 0.763. The molecule has 0 aliphatic heterocycles. The lowest BCUT2D eigenvalue weighted by atomic mass is 10.1. The van der Waals surface area contributed by atoms with Crippen molar-refractivity contribution in [2.75, 3.05) is 0 Å². The second-order valence-electron chi connectivity index (χ2n) is 4.28. The molecular formula is C14H18N2. The molecule has 2 rings (SSSR count). The number of hydrogen-bond acceptors (Lipinski definition) is 1. The van der Waals surface area contributed by atoms with E-state index in [-0.39, 0.29) is 0 Å². The minimum atomic E-state index is 0.494. The van der Waals surface area contributed by atoms with Crippen molar-refractivity contribution >= 4 is 0 Å². The molecule has 0 saturated carbocycles. The standard InChI is InChI=1S/C14H18N2/c1-4-14-15-10-13(11(2)3)16(14)12-8-6-5-7-9-12/h5-11H,4H2,1-3H3. The Morgan fingerprint density at radius 3 is 2.44 bits per heavy atom. The summed E-state index contributed by atoms with van der Waals surface area (Å²) in [5.41, 5.74) is 2.49. The number of para-hydroxylation sites is 1. The molecule has 1 aromatic carbocycles. The first kappa shape index (κ1) is 10.9. The molecule has 0 bridgehead atoms. The van der Waals surface area contributed by atoms with Crippen LogP contribution in [-0.4, -0.2) is 9.55 Å². The lowest BCUT2D eigenvalue weighted by Gasteiger charge is -2.13. The van der Waals surface area contributed by atoms with Gasteiger partial charge in [0.05, 0.1) is 0 Å². The van der Waals surface area contributed by atoms with Crippen molar-refractivity contribution < 1.29 is 0 Å². The summed E-state index contributed by atoms with van der Waals surface area (Å²) in [6, 6.07) is 10.4. The number of hydrogen-bond donors (Lipinski definition) is 0. The van der Waals surface area contributed by atoms with E-state index in [1.54, 1.807) is 0 Å². The summed E-state index contributed by atoms with van der Waals surface area (Å²) in [5.74, 6) is 1.63. The van der Waals surface area contributed by atoms with E-state index in [2.05, 4.69) is 54.6 Å². The van der Waals surface area contributed by atoms with E-state index >= 15 is 0 Å². The number of nitrogens with zero attached hydrogens (tertiary/aromatic N) is 2. The smallest absolute Gasteiger partial charge is 0.113 e. The monoisotopic (exact) mass is 214 g/mol. The first-order valence-electron chi connectivity index (χ1n) is 5.86. The van der Waals surface area contributed by atoms with E-state index < -0.39 is 0 Å². The van der Waals surface area contributed by atoms with Gasteiger partial charge in [0.25, 0.3) is 0 Å². The molecule has 0 aliphatic carbocycles. The molecule has 0 spiro atoms. The van der Waals surface area contributed by atoms with Crippen LogP contribution in [-0.2, 0) is 6.42 Å². The van der Waals surface area contributed by atoms with Gasteiger partial charge in [-0.05, 0) is 18.1 Å². The van der Waals surface area contributed by atoms with Crippen LogP contribution in [0.25, 0.3) is 5.69 Å². The van der Waals surface area contributed by atoms with Crippen LogP contribution in [0.2, 0.25) is 0 Å². The van der Waals surface area contributed by atoms with E-state index in [0.29, 0.717) is 5.92 Å². The average Bonchev–Trinajstić information content (AvgIpc) is 2.73. The molecule has 0 atom stereocenters. The third-order valence-electron chi connectivity index (χ3n) is 2.78. The highest BCUT2D eigenvalue weighted by atomic mass is 15.1. The summed E-state index contributed by atoms with van der Waals surface area (Å²) < 4.78 is 2.27. The molecule has 0 radical (unpaired) electrons. The highest BCUT2D eigenvalue weighted by Gasteiger charge is 2.12. The van der Waals surface area contributed by atoms with Crippen LogP contribution in [0.15, 0.2) is 36.5 Å². The second kappa shape index (κ2) is 4.52. The van der Waals surface area contributed by atoms with Crippen LogP contribution in [0.4, 0.5) is 0 Å². The zero-order valence-corrected chi connectivity index (χ0v) is 10.1. The molecule has 1 aromatic heterocycles. The molecule has 2 nitrogen and oxygen atoms in total. The van der Waals surface area contributed by atoms with Crippen LogP contribution >= 0.6 is 0 Å². The molecule has 1 heterocycles. The summed E-state index contributed by atoms with van der Waals surface area (Å²) in [6.07, 6.45) is 2.96. The Labute approximate surface area is 97.0 Å². The van der Waals surface area contributed by atoms with Crippen molar-refractivity contribution in [3.05, 3.63) is 48.0 Å². The summed E-state index contributed by atoms with van der Waals surface area (Å²) >= 11 is 0. The maximum atomic E-state index is 4.50. The molecule has 0 unspecified atom stereocenters. The number of imidazole rings is 1. The van der Waals surface area contributed by atoms with Gasteiger partial charge in [-0.15, -0.1) is 0 Å². The average molecular weight is 214 g/mol. The molecule has 0 fully saturated rings. The van der Waals surface area contributed by atoms with E-state index in [9.17, 15) is 0 Å². The van der Waals surface area contributed by atoms with Gasteiger partial charge in [-0.3, -0.25) is 0 Å². The van der Waals surface area contributed by atoms with Gasteiger partial charge in [0.2, 0.25) is 0 Å². The van der Waals surface area contributed by atoms with Crippen molar-refractivity contribution in [1.82, 2.24) is 9.55 Å². The minimum Gasteiger partial charge on any atom is -0.300 e. The number of rotatable bonds is 3. The fourth-order valence-corrected chi connectivity index (χ4v) is 1.94. The highest BCUT2D eigenvalue weighted by molar-refractivity contribution is 5.36. The van der Waals surface area contributed by atoms with Crippen LogP contribution < -0.4 is 0 Å². The summed E-state index contributed by atoms with van der Waals surface area (Å²) in [7, 11) is 0. The molecule has 0 amide bonds. The van der Waals surface area contributed by atoms with Crippen LogP contribution in [0, 0.1) is 0 Å². The SMILES string of the molecule is CCc1ncc(C(C)C)n1-c1ccccc1. The Morgan fingerprint density at radius 2 is 1.88 bits per heavy atom. The molecule has 0 aliphatic rings. The molecule has 0 N–H and O–H groups in total. The summed E-state index contributed by atoms with van der Waals surface area (Å²) in [5, 5.41) is 0. The largest absolute Gasteiger partial charge is 0.300 e. The molecule has 2 heteroatoms. The molecule has 16 heavy (non-hydrogen) atoms. The maximum absolute atomic E-state index is 4.50. The van der Waals surface area contributed by atoms with Gasteiger partial charge in [-0.2, -0.15) is 0 Å². The normalized spacial score (nSPS) is 11.0. The van der Waals surface area contributed by atoms with Gasteiger partial charge < -0.3 is 4.57 Å². The first-order valence-corrected chi connectivity index (χ1v) is 5.86. The zero-order valence-electron chi connectivity index (χ0n) is 10.1. The molecule has 2 aromatic rings. The Bertz CT molecular complexity index is 455. The highest BCUT2D eigenvalue weighted by Crippen LogP contribution is 2.21. The fraction of sp³-hybridized carbons (Fsp3) is 0.357. The zero-order chi connectivity index (χ0) is 11.5. The predicted octanol–water partition coefficient (Wildman–Crippen LogP) is 3.56. The maximum Gasteiger partial charge on any atom is 0.113 e. The summed E-state index contributed by atoms with van der Waals surface area (Å²) in [6.45, 7) is 6.55. The quantitative estimate of drug-likeness (QED) is 0.764. The Kier molecular flexibility index (Phi) is 3.09. The summed E-state index contributed by atoms with van der Waals surface area (Å²) in [4.78, 5) is 4.50. The Hall–Kier alpha value is -1.57. The second-order valence-corrected chi connectivity index (χ2v) is 4.28. The van der Waals surface area contributed by atoms with E-state index in [1.165, 1.54) is 11.4 Å². The van der Waals surface area contributed by atoms with Gasteiger partial charge in [-0.1, -0.05) is 39.0 Å². The Morgan fingerprint density at radius 1 is 1.19 bits per heavy atom. The van der Waals surface area contributed by atoms with Crippen molar-refractivity contribution in [2.45, 2.75) is 33.1 Å². The topological polar surface area (TPSA) is 17.8 Å². The minimum absolute atomic E-state index is 0.494. The van der Waals surface area contributed by atoms with Crippen LogP contribution in [0.3, 0.4) is 0 Å². The van der Waals surface area contributed by atoms with E-state index in [1.807, 2.05) is 12.3 Å². The van der Waals surface area contributed by atoms with Gasteiger partial charge in [0.1, 0.15) is 5.82 Å². The van der Waals surface area contributed by atoms with Gasteiger partial charge >= 0.3 is 0 Å². The first-order chi connectivity index (χ1) is 7.74. The van der Waals surface area contributed by atoms with Crippen molar-refractivity contribution in [3.63, 3.8) is 0 Å². The van der Waals surface area contributed by atoms with Crippen LogP contribution in [0.5, 0.6) is 0 Å². The molecular weight excluding hydrogens is 196 g/mol. The predicted molar refractivity (Wildman–Crippen MR) is 67.0 cm³/mol. The number of aryl methyl sites for hydroxylation is 1. The third kappa shape index (κ3) is 1.87. The Balaban J connectivity index is 2.57. The molecule has 0 saturated heterocycles. The van der Waals surface area contributed by atoms with Gasteiger partial charge in [-0.25, -0.2) is 4.98 Å². The molecule has 84 valence electrons. The fourth-order valence-electron chi connectivity index (χ4n) is 1.94. The number of benzene rings is 1.